The predicted molar refractivity (Wildman–Crippen MR) is 107 cm³/mol. The van der Waals surface area contributed by atoms with E-state index in [0.717, 1.165) is 11.1 Å². The number of fused-ring (bicyclic) bond motifs is 1. The Bertz CT molecular complexity index is 1170. The Hall–Kier alpha value is -2.79. The topological polar surface area (TPSA) is 47.3 Å². The molecule has 4 aromatic rings. The molecule has 0 aliphatic rings. The number of hydrogen-bond donors (Lipinski definition) is 0. The molecule has 26 heavy (non-hydrogen) atoms. The van der Waals surface area contributed by atoms with Crippen LogP contribution in [0.25, 0.3) is 22.4 Å². The molecule has 0 spiro atoms. The van der Waals surface area contributed by atoms with Crippen LogP contribution in [0.2, 0.25) is 0 Å². The summed E-state index contributed by atoms with van der Waals surface area (Å²) in [6.07, 6.45) is 1.90. The molecule has 0 aliphatic heterocycles. The first-order valence-corrected chi connectivity index (χ1v) is 9.41. The summed E-state index contributed by atoms with van der Waals surface area (Å²) in [6, 6.07) is 16.3. The van der Waals surface area contributed by atoms with Crippen molar-refractivity contribution < 1.29 is 0 Å². The lowest BCUT2D eigenvalue weighted by Crippen LogP contribution is -2.23. The molecule has 2 aromatic heterocycles. The fraction of sp³-hybridized carbons (Fsp3) is 0.190. The highest BCUT2D eigenvalue weighted by Gasteiger charge is 2.11. The fourth-order valence-corrected chi connectivity index (χ4v) is 3.69. The van der Waals surface area contributed by atoms with Gasteiger partial charge < -0.3 is 0 Å². The van der Waals surface area contributed by atoms with Gasteiger partial charge in [-0.25, -0.2) is 0 Å². The maximum absolute atomic E-state index is 12.6. The third kappa shape index (κ3) is 3.06. The minimum Gasteiger partial charge on any atom is -0.266 e. The van der Waals surface area contributed by atoms with E-state index >= 15 is 0 Å². The summed E-state index contributed by atoms with van der Waals surface area (Å²) >= 11 is 1.37. The molecule has 0 unspecified atom stereocenters. The first kappa shape index (κ1) is 16.7. The minimum atomic E-state index is -0.121. The van der Waals surface area contributed by atoms with Gasteiger partial charge in [0.05, 0.1) is 4.53 Å². The van der Waals surface area contributed by atoms with Crippen molar-refractivity contribution >= 4 is 22.4 Å². The zero-order chi connectivity index (χ0) is 18.3. The van der Waals surface area contributed by atoms with E-state index in [4.69, 9.17) is 0 Å². The van der Waals surface area contributed by atoms with Gasteiger partial charge in [-0.2, -0.15) is 9.50 Å². The van der Waals surface area contributed by atoms with Crippen molar-refractivity contribution in [1.29, 1.82) is 0 Å². The smallest absolute Gasteiger partial charge is 0.266 e. The van der Waals surface area contributed by atoms with Crippen LogP contribution in [0.4, 0.5) is 0 Å². The van der Waals surface area contributed by atoms with Gasteiger partial charge in [0.1, 0.15) is 0 Å². The van der Waals surface area contributed by atoms with E-state index in [-0.39, 0.29) is 5.56 Å². The normalized spacial score (nSPS) is 12.4. The second kappa shape index (κ2) is 6.50. The molecule has 0 saturated carbocycles. The van der Waals surface area contributed by atoms with Gasteiger partial charge in [0, 0.05) is 5.56 Å². The largest absolute Gasteiger partial charge is 0.291 e. The van der Waals surface area contributed by atoms with Crippen LogP contribution in [0.3, 0.4) is 0 Å². The highest BCUT2D eigenvalue weighted by Crippen LogP contribution is 2.17. The first-order chi connectivity index (χ1) is 12.5. The number of benzene rings is 2. The Morgan fingerprint density at radius 1 is 1.04 bits per heavy atom. The summed E-state index contributed by atoms with van der Waals surface area (Å²) in [4.78, 5) is 17.8. The third-order valence-corrected chi connectivity index (χ3v) is 5.35. The molecule has 0 aliphatic carbocycles. The first-order valence-electron chi connectivity index (χ1n) is 8.59. The summed E-state index contributed by atoms with van der Waals surface area (Å²) in [5.41, 5.74) is 4.27. The van der Waals surface area contributed by atoms with Crippen LogP contribution in [0.1, 0.15) is 36.5 Å². The zero-order valence-corrected chi connectivity index (χ0v) is 15.7. The number of hydrogen-bond acceptors (Lipinski definition) is 4. The van der Waals surface area contributed by atoms with Crippen molar-refractivity contribution in [3.05, 3.63) is 80.1 Å². The van der Waals surface area contributed by atoms with Gasteiger partial charge in [-0.05, 0) is 30.0 Å². The van der Waals surface area contributed by atoms with Crippen molar-refractivity contribution in [3.8, 4) is 11.4 Å². The van der Waals surface area contributed by atoms with Crippen LogP contribution in [0.5, 0.6) is 0 Å². The van der Waals surface area contributed by atoms with Crippen molar-refractivity contribution in [2.75, 3.05) is 0 Å². The Kier molecular flexibility index (Phi) is 4.17. The summed E-state index contributed by atoms with van der Waals surface area (Å²) in [7, 11) is 0. The highest BCUT2D eigenvalue weighted by atomic mass is 32.1. The Balaban J connectivity index is 1.73. The standard InChI is InChI=1S/C21H19N3OS/c1-13(2)16-10-6-15(7-11-16)12-18-20(25)24-21(26-18)22-19(23-24)17-8-4-14(3)5-9-17/h4-13H,1-3H3/b18-12+. The monoisotopic (exact) mass is 361 g/mol. The van der Waals surface area contributed by atoms with Crippen molar-refractivity contribution in [3.63, 3.8) is 0 Å². The maximum Gasteiger partial charge on any atom is 0.291 e. The number of thiazole rings is 1. The Labute approximate surface area is 155 Å². The quantitative estimate of drug-likeness (QED) is 0.558. The van der Waals surface area contributed by atoms with Crippen molar-refractivity contribution in [1.82, 2.24) is 14.6 Å². The third-order valence-electron chi connectivity index (χ3n) is 4.39. The van der Waals surface area contributed by atoms with Crippen LogP contribution < -0.4 is 10.1 Å². The van der Waals surface area contributed by atoms with Gasteiger partial charge in [-0.3, -0.25) is 4.79 Å². The molecule has 2 aromatic carbocycles. The number of nitrogens with zero attached hydrogens (tertiary/aromatic N) is 3. The SMILES string of the molecule is Cc1ccc(-c2nc3s/c(=C/c4ccc(C(C)C)cc4)c(=O)n3n2)cc1. The molecule has 4 nitrogen and oxygen atoms in total. The van der Waals surface area contributed by atoms with E-state index in [1.165, 1.54) is 27.0 Å². The second-order valence-electron chi connectivity index (χ2n) is 6.73. The molecule has 5 heteroatoms. The summed E-state index contributed by atoms with van der Waals surface area (Å²) < 4.78 is 2.04. The van der Waals surface area contributed by atoms with E-state index < -0.39 is 0 Å². The highest BCUT2D eigenvalue weighted by molar-refractivity contribution is 7.15. The second-order valence-corrected chi connectivity index (χ2v) is 7.74. The lowest BCUT2D eigenvalue weighted by atomic mass is 10.0. The minimum absolute atomic E-state index is 0.121. The van der Waals surface area contributed by atoms with Gasteiger partial charge >= 0.3 is 0 Å². The van der Waals surface area contributed by atoms with E-state index in [9.17, 15) is 4.79 Å². The summed E-state index contributed by atoms with van der Waals surface area (Å²) in [5, 5.41) is 4.40. The molecule has 0 fully saturated rings. The number of rotatable bonds is 3. The molecule has 130 valence electrons. The van der Waals surface area contributed by atoms with Crippen molar-refractivity contribution in [2.24, 2.45) is 0 Å². The zero-order valence-electron chi connectivity index (χ0n) is 14.9. The molecular weight excluding hydrogens is 342 g/mol. The predicted octanol–water partition coefficient (Wildman–Crippen LogP) is 3.80. The lowest BCUT2D eigenvalue weighted by molar-refractivity contribution is 0.866. The van der Waals surface area contributed by atoms with E-state index in [0.29, 0.717) is 21.2 Å². The number of aryl methyl sites for hydroxylation is 1. The van der Waals surface area contributed by atoms with Crippen LogP contribution >= 0.6 is 11.3 Å². The fourth-order valence-electron chi connectivity index (χ4n) is 2.79. The Morgan fingerprint density at radius 3 is 2.35 bits per heavy atom. The molecule has 0 bridgehead atoms. The van der Waals surface area contributed by atoms with E-state index in [1.807, 2.05) is 49.4 Å². The average Bonchev–Trinajstić information content (AvgIpc) is 3.16. The van der Waals surface area contributed by atoms with Crippen molar-refractivity contribution in [2.45, 2.75) is 26.7 Å². The van der Waals surface area contributed by atoms with Crippen LogP contribution in [0.15, 0.2) is 53.3 Å². The molecule has 0 radical (unpaired) electrons. The van der Waals surface area contributed by atoms with Crippen LogP contribution in [-0.2, 0) is 0 Å². The molecule has 0 atom stereocenters. The average molecular weight is 361 g/mol. The van der Waals surface area contributed by atoms with Crippen LogP contribution in [0, 0.1) is 6.92 Å². The molecule has 4 rings (SSSR count). The molecular formula is C21H19N3OS. The van der Waals surface area contributed by atoms with E-state index in [1.54, 1.807) is 0 Å². The van der Waals surface area contributed by atoms with Gasteiger partial charge in [0.25, 0.3) is 5.56 Å². The molecule has 0 saturated heterocycles. The van der Waals surface area contributed by atoms with Gasteiger partial charge in [-0.1, -0.05) is 79.3 Å². The maximum atomic E-state index is 12.6. The van der Waals surface area contributed by atoms with Crippen LogP contribution in [-0.4, -0.2) is 14.6 Å². The summed E-state index contributed by atoms with van der Waals surface area (Å²) in [6.45, 7) is 6.37. The molecule has 2 heterocycles. The molecule has 0 N–H and O–H groups in total. The van der Waals surface area contributed by atoms with E-state index in [2.05, 4.69) is 36.1 Å². The summed E-state index contributed by atoms with van der Waals surface area (Å²) in [5.74, 6) is 1.08. The lowest BCUT2D eigenvalue weighted by Gasteiger charge is -2.04. The Morgan fingerprint density at radius 2 is 1.73 bits per heavy atom. The van der Waals surface area contributed by atoms with Gasteiger partial charge in [-0.15, -0.1) is 5.10 Å². The number of aromatic nitrogens is 3. The molecule has 0 amide bonds. The van der Waals surface area contributed by atoms with Gasteiger partial charge in [0.15, 0.2) is 5.82 Å². The van der Waals surface area contributed by atoms with Gasteiger partial charge in [0.2, 0.25) is 4.96 Å².